The summed E-state index contributed by atoms with van der Waals surface area (Å²) in [7, 11) is 0. The Morgan fingerprint density at radius 1 is 1.00 bits per heavy atom. The third-order valence-corrected chi connectivity index (χ3v) is 4.60. The highest BCUT2D eigenvalue weighted by Gasteiger charge is 2.60. The zero-order chi connectivity index (χ0) is 9.95. The summed E-state index contributed by atoms with van der Waals surface area (Å²) >= 11 is 0. The maximum Gasteiger partial charge on any atom is -0.0241 e. The minimum atomic E-state index is 0.704. The molecule has 0 heterocycles. The van der Waals surface area contributed by atoms with E-state index in [1.165, 1.54) is 44.9 Å². The average molecular weight is 182 g/mol. The molecule has 1 fully saturated rings. The summed E-state index contributed by atoms with van der Waals surface area (Å²) in [6.07, 6.45) is 10.0. The molecule has 0 bridgehead atoms. The van der Waals surface area contributed by atoms with Gasteiger partial charge in [-0.1, -0.05) is 53.4 Å². The van der Waals surface area contributed by atoms with E-state index >= 15 is 0 Å². The van der Waals surface area contributed by atoms with Gasteiger partial charge in [-0.15, -0.1) is 0 Å². The molecule has 0 nitrogen and oxygen atoms in total. The highest BCUT2D eigenvalue weighted by Crippen LogP contribution is 2.69. The Morgan fingerprint density at radius 2 is 1.69 bits per heavy atom. The Hall–Kier alpha value is 0. The van der Waals surface area contributed by atoms with Crippen molar-refractivity contribution >= 4 is 0 Å². The van der Waals surface area contributed by atoms with E-state index < -0.39 is 0 Å². The summed E-state index contributed by atoms with van der Waals surface area (Å²) in [6, 6.07) is 0. The van der Waals surface area contributed by atoms with Crippen LogP contribution in [-0.4, -0.2) is 0 Å². The largest absolute Gasteiger partial charge is 0.0654 e. The molecule has 0 heteroatoms. The van der Waals surface area contributed by atoms with Crippen molar-refractivity contribution in [2.45, 2.75) is 72.6 Å². The van der Waals surface area contributed by atoms with E-state index in [4.69, 9.17) is 0 Å². The fourth-order valence-corrected chi connectivity index (χ4v) is 3.03. The van der Waals surface area contributed by atoms with Crippen molar-refractivity contribution in [3.63, 3.8) is 0 Å². The topological polar surface area (TPSA) is 0 Å². The van der Waals surface area contributed by atoms with Crippen LogP contribution in [0.25, 0.3) is 0 Å². The molecule has 0 spiro atoms. The van der Waals surface area contributed by atoms with Crippen molar-refractivity contribution in [3.05, 3.63) is 0 Å². The summed E-state index contributed by atoms with van der Waals surface area (Å²) in [5.74, 6) is 0. The second-order valence-electron chi connectivity index (χ2n) is 5.18. The summed E-state index contributed by atoms with van der Waals surface area (Å²) in [4.78, 5) is 0. The Kier molecular flexibility index (Phi) is 3.43. The average Bonchev–Trinajstić information content (AvgIpc) is 2.74. The molecule has 1 saturated carbocycles. The standard InChI is InChI=1S/C13H26/c1-5-8-9-10-13(7-3)11-12(13,4)6-2/h5-11H2,1-4H3/t12-,13-/m1/s1. The van der Waals surface area contributed by atoms with Crippen molar-refractivity contribution < 1.29 is 0 Å². The van der Waals surface area contributed by atoms with E-state index in [0.29, 0.717) is 5.41 Å². The molecule has 0 aromatic carbocycles. The molecule has 0 radical (unpaired) electrons. The first kappa shape index (κ1) is 11.1. The van der Waals surface area contributed by atoms with Gasteiger partial charge in [0.1, 0.15) is 0 Å². The van der Waals surface area contributed by atoms with Crippen molar-refractivity contribution in [1.29, 1.82) is 0 Å². The van der Waals surface area contributed by atoms with Gasteiger partial charge in [-0.2, -0.15) is 0 Å². The fraction of sp³-hybridized carbons (Fsp3) is 1.00. The van der Waals surface area contributed by atoms with E-state index in [0.717, 1.165) is 5.41 Å². The predicted molar refractivity (Wildman–Crippen MR) is 59.9 cm³/mol. The molecular formula is C13H26. The lowest BCUT2D eigenvalue weighted by molar-refractivity contribution is 0.306. The molecule has 0 amide bonds. The normalized spacial score (nSPS) is 37.8. The molecule has 0 unspecified atom stereocenters. The van der Waals surface area contributed by atoms with Crippen LogP contribution in [0.15, 0.2) is 0 Å². The molecule has 1 aliphatic carbocycles. The van der Waals surface area contributed by atoms with Crippen LogP contribution >= 0.6 is 0 Å². The Labute approximate surface area is 84.1 Å². The van der Waals surface area contributed by atoms with Gasteiger partial charge in [0.25, 0.3) is 0 Å². The van der Waals surface area contributed by atoms with Gasteiger partial charge in [0, 0.05) is 0 Å². The van der Waals surface area contributed by atoms with Crippen LogP contribution in [0, 0.1) is 10.8 Å². The van der Waals surface area contributed by atoms with Crippen molar-refractivity contribution in [2.24, 2.45) is 10.8 Å². The van der Waals surface area contributed by atoms with Gasteiger partial charge in [0.05, 0.1) is 0 Å². The lowest BCUT2D eigenvalue weighted by Crippen LogP contribution is -2.09. The quantitative estimate of drug-likeness (QED) is 0.518. The summed E-state index contributed by atoms with van der Waals surface area (Å²) in [5.41, 5.74) is 1.45. The second-order valence-corrected chi connectivity index (χ2v) is 5.18. The summed E-state index contributed by atoms with van der Waals surface area (Å²) < 4.78 is 0. The summed E-state index contributed by atoms with van der Waals surface area (Å²) in [6.45, 7) is 9.52. The lowest BCUT2D eigenvalue weighted by atomic mass is 9.85. The van der Waals surface area contributed by atoms with Crippen molar-refractivity contribution in [1.82, 2.24) is 0 Å². The van der Waals surface area contributed by atoms with Crippen LogP contribution in [0.1, 0.15) is 72.6 Å². The Morgan fingerprint density at radius 3 is 2.08 bits per heavy atom. The molecule has 0 aromatic rings. The van der Waals surface area contributed by atoms with Gasteiger partial charge in [-0.25, -0.2) is 0 Å². The molecular weight excluding hydrogens is 156 g/mol. The van der Waals surface area contributed by atoms with Crippen LogP contribution in [0.5, 0.6) is 0 Å². The molecule has 2 atom stereocenters. The predicted octanol–water partition coefficient (Wildman–Crippen LogP) is 4.78. The van der Waals surface area contributed by atoms with Crippen LogP contribution in [0.4, 0.5) is 0 Å². The van der Waals surface area contributed by atoms with E-state index in [2.05, 4.69) is 27.7 Å². The van der Waals surface area contributed by atoms with Crippen LogP contribution in [-0.2, 0) is 0 Å². The molecule has 1 aliphatic rings. The highest BCUT2D eigenvalue weighted by molar-refractivity contribution is 5.09. The zero-order valence-corrected chi connectivity index (χ0v) is 9.95. The third-order valence-electron chi connectivity index (χ3n) is 4.60. The number of hydrogen-bond donors (Lipinski definition) is 0. The maximum absolute atomic E-state index is 2.49. The van der Waals surface area contributed by atoms with Crippen molar-refractivity contribution in [2.75, 3.05) is 0 Å². The van der Waals surface area contributed by atoms with Crippen LogP contribution < -0.4 is 0 Å². The third kappa shape index (κ3) is 1.92. The summed E-state index contributed by atoms with van der Waals surface area (Å²) in [5, 5.41) is 0. The van der Waals surface area contributed by atoms with E-state index in [1.54, 1.807) is 0 Å². The fourth-order valence-electron chi connectivity index (χ4n) is 3.03. The van der Waals surface area contributed by atoms with Crippen molar-refractivity contribution in [3.8, 4) is 0 Å². The highest BCUT2D eigenvalue weighted by atomic mass is 14.6. The minimum Gasteiger partial charge on any atom is -0.0654 e. The molecule has 0 saturated heterocycles. The molecule has 13 heavy (non-hydrogen) atoms. The van der Waals surface area contributed by atoms with E-state index in [1.807, 2.05) is 0 Å². The van der Waals surface area contributed by atoms with Gasteiger partial charge in [0.15, 0.2) is 0 Å². The number of rotatable bonds is 6. The Balaban J connectivity index is 2.37. The van der Waals surface area contributed by atoms with Gasteiger partial charge < -0.3 is 0 Å². The first-order chi connectivity index (χ1) is 6.14. The lowest BCUT2D eigenvalue weighted by Gasteiger charge is -2.20. The molecule has 78 valence electrons. The SMILES string of the molecule is CCCCC[C@]1(CC)C[C@@]1(C)CC. The smallest absolute Gasteiger partial charge is 0.0241 e. The van der Waals surface area contributed by atoms with E-state index in [9.17, 15) is 0 Å². The number of hydrogen-bond acceptors (Lipinski definition) is 0. The van der Waals surface area contributed by atoms with Gasteiger partial charge >= 0.3 is 0 Å². The van der Waals surface area contributed by atoms with Gasteiger partial charge in [0.2, 0.25) is 0 Å². The first-order valence-corrected chi connectivity index (χ1v) is 6.14. The zero-order valence-electron chi connectivity index (χ0n) is 9.95. The molecule has 0 aliphatic heterocycles. The molecule has 0 N–H and O–H groups in total. The van der Waals surface area contributed by atoms with Gasteiger partial charge in [-0.05, 0) is 30.1 Å². The van der Waals surface area contributed by atoms with Crippen LogP contribution in [0.2, 0.25) is 0 Å². The minimum absolute atomic E-state index is 0.704. The first-order valence-electron chi connectivity index (χ1n) is 6.14. The molecule has 0 aromatic heterocycles. The monoisotopic (exact) mass is 182 g/mol. The maximum atomic E-state index is 2.49. The molecule has 1 rings (SSSR count). The number of unbranched alkanes of at least 4 members (excludes halogenated alkanes) is 2. The van der Waals surface area contributed by atoms with E-state index in [-0.39, 0.29) is 0 Å². The second kappa shape index (κ2) is 4.02. The van der Waals surface area contributed by atoms with Gasteiger partial charge in [-0.3, -0.25) is 0 Å². The Bertz CT molecular complexity index is 161. The van der Waals surface area contributed by atoms with Crippen LogP contribution in [0.3, 0.4) is 0 Å².